The van der Waals surface area contributed by atoms with E-state index >= 15 is 0 Å². The molecule has 26 heavy (non-hydrogen) atoms. The number of thioether (sulfide) groups is 1. The first kappa shape index (κ1) is 17.1. The maximum absolute atomic E-state index is 12.3. The number of fused-ring (bicyclic) bond motifs is 2. The van der Waals surface area contributed by atoms with Crippen LogP contribution in [-0.2, 0) is 4.79 Å². The minimum atomic E-state index is -0.0309. The molecule has 0 aliphatic carbocycles. The van der Waals surface area contributed by atoms with Crippen molar-refractivity contribution in [3.05, 3.63) is 65.7 Å². The van der Waals surface area contributed by atoms with E-state index < -0.39 is 0 Å². The number of benzene rings is 3. The van der Waals surface area contributed by atoms with E-state index in [-0.39, 0.29) is 5.91 Å². The van der Waals surface area contributed by atoms with Crippen LogP contribution in [0.5, 0.6) is 0 Å². The monoisotopic (exact) mass is 378 g/mol. The van der Waals surface area contributed by atoms with Crippen molar-refractivity contribution in [1.82, 2.24) is 4.98 Å². The van der Waals surface area contributed by atoms with Gasteiger partial charge in [-0.25, -0.2) is 4.98 Å². The van der Waals surface area contributed by atoms with Crippen LogP contribution < -0.4 is 5.32 Å². The number of carbonyl (C=O) groups excluding carboxylic acids is 1. The van der Waals surface area contributed by atoms with Crippen LogP contribution in [0, 0.1) is 13.8 Å². The molecule has 0 bridgehead atoms. The van der Waals surface area contributed by atoms with Gasteiger partial charge in [0.25, 0.3) is 0 Å². The van der Waals surface area contributed by atoms with Gasteiger partial charge in [0.15, 0.2) is 5.13 Å². The molecule has 130 valence electrons. The Morgan fingerprint density at radius 1 is 1.08 bits per heavy atom. The number of aryl methyl sites for hydroxylation is 2. The normalized spacial score (nSPS) is 11.2. The zero-order valence-corrected chi connectivity index (χ0v) is 16.2. The minimum absolute atomic E-state index is 0.0309. The Morgan fingerprint density at radius 3 is 2.73 bits per heavy atom. The van der Waals surface area contributed by atoms with E-state index in [0.29, 0.717) is 10.9 Å². The summed E-state index contributed by atoms with van der Waals surface area (Å²) in [5.41, 5.74) is 3.32. The quantitative estimate of drug-likeness (QED) is 0.457. The van der Waals surface area contributed by atoms with Crippen molar-refractivity contribution < 1.29 is 4.79 Å². The Balaban J connectivity index is 1.44. The van der Waals surface area contributed by atoms with E-state index in [0.717, 1.165) is 20.7 Å². The van der Waals surface area contributed by atoms with Crippen LogP contribution in [0.4, 0.5) is 5.13 Å². The predicted molar refractivity (Wildman–Crippen MR) is 112 cm³/mol. The first-order valence-electron chi connectivity index (χ1n) is 8.38. The number of amides is 1. The molecule has 0 saturated carbocycles. The SMILES string of the molecule is Cc1cc(C)c2nc(NC(=O)CSc3ccc4ccccc4c3)sc2c1. The second kappa shape index (κ2) is 7.09. The molecule has 0 unspecified atom stereocenters. The fourth-order valence-electron chi connectivity index (χ4n) is 2.99. The molecule has 4 rings (SSSR count). The fourth-order valence-corrected chi connectivity index (χ4v) is 4.79. The number of thiazole rings is 1. The molecule has 0 saturated heterocycles. The average Bonchev–Trinajstić information content (AvgIpc) is 3.02. The maximum Gasteiger partial charge on any atom is 0.236 e. The molecule has 3 nitrogen and oxygen atoms in total. The standard InChI is InChI=1S/C21H18N2OS2/c1-13-9-14(2)20-18(10-13)26-21(23-20)22-19(24)12-25-17-8-7-15-5-3-4-6-16(15)11-17/h3-11H,12H2,1-2H3,(H,22,23,24). The third-order valence-electron chi connectivity index (χ3n) is 4.17. The van der Waals surface area contributed by atoms with E-state index in [1.165, 1.54) is 39.4 Å². The van der Waals surface area contributed by atoms with Gasteiger partial charge in [-0.1, -0.05) is 47.7 Å². The highest BCUT2D eigenvalue weighted by Gasteiger charge is 2.10. The van der Waals surface area contributed by atoms with E-state index in [2.05, 4.69) is 66.6 Å². The Bertz CT molecular complexity index is 1120. The summed E-state index contributed by atoms with van der Waals surface area (Å²) in [6.45, 7) is 4.13. The first-order chi connectivity index (χ1) is 12.6. The van der Waals surface area contributed by atoms with Crippen molar-refractivity contribution in [2.45, 2.75) is 18.7 Å². The van der Waals surface area contributed by atoms with Crippen LogP contribution in [0.25, 0.3) is 21.0 Å². The summed E-state index contributed by atoms with van der Waals surface area (Å²) in [5, 5.41) is 6.00. The lowest BCUT2D eigenvalue weighted by Crippen LogP contribution is -2.13. The van der Waals surface area contributed by atoms with E-state index in [1.54, 1.807) is 0 Å². The van der Waals surface area contributed by atoms with Crippen LogP contribution in [-0.4, -0.2) is 16.6 Å². The minimum Gasteiger partial charge on any atom is -0.301 e. The molecule has 1 heterocycles. The van der Waals surface area contributed by atoms with Crippen molar-refractivity contribution in [3.63, 3.8) is 0 Å². The molecule has 1 amide bonds. The zero-order valence-electron chi connectivity index (χ0n) is 14.6. The van der Waals surface area contributed by atoms with Gasteiger partial charge in [-0.2, -0.15) is 0 Å². The van der Waals surface area contributed by atoms with Crippen molar-refractivity contribution in [2.24, 2.45) is 0 Å². The number of hydrogen-bond acceptors (Lipinski definition) is 4. The van der Waals surface area contributed by atoms with Crippen LogP contribution in [0.1, 0.15) is 11.1 Å². The molecule has 3 aromatic carbocycles. The largest absolute Gasteiger partial charge is 0.301 e. The molecule has 0 fully saturated rings. The summed E-state index contributed by atoms with van der Waals surface area (Å²) in [6.07, 6.45) is 0. The molecule has 0 aliphatic rings. The second-order valence-corrected chi connectivity index (χ2v) is 8.37. The number of nitrogens with one attached hydrogen (secondary N) is 1. The van der Waals surface area contributed by atoms with Crippen LogP contribution in [0.2, 0.25) is 0 Å². The third kappa shape index (κ3) is 3.59. The number of anilines is 1. The van der Waals surface area contributed by atoms with Crippen molar-refractivity contribution in [1.29, 1.82) is 0 Å². The molecule has 1 aromatic heterocycles. The van der Waals surface area contributed by atoms with Crippen molar-refractivity contribution >= 4 is 55.1 Å². The molecular formula is C21H18N2OS2. The Kier molecular flexibility index (Phi) is 4.66. The van der Waals surface area contributed by atoms with Crippen LogP contribution in [0.3, 0.4) is 0 Å². The predicted octanol–water partition coefficient (Wildman–Crippen LogP) is 5.80. The van der Waals surface area contributed by atoms with Gasteiger partial charge in [-0.3, -0.25) is 4.79 Å². The second-order valence-electron chi connectivity index (χ2n) is 6.29. The van der Waals surface area contributed by atoms with Gasteiger partial charge in [0, 0.05) is 4.90 Å². The summed E-state index contributed by atoms with van der Waals surface area (Å²) in [4.78, 5) is 18.0. The highest BCUT2D eigenvalue weighted by atomic mass is 32.2. The number of nitrogens with zero attached hydrogens (tertiary/aromatic N) is 1. The van der Waals surface area contributed by atoms with Crippen molar-refractivity contribution in [3.8, 4) is 0 Å². The number of carbonyl (C=O) groups is 1. The summed E-state index contributed by atoms with van der Waals surface area (Å²) in [7, 11) is 0. The van der Waals surface area contributed by atoms with E-state index in [1.807, 2.05) is 12.1 Å². The molecule has 0 atom stereocenters. The molecule has 5 heteroatoms. The highest BCUT2D eigenvalue weighted by molar-refractivity contribution is 8.00. The van der Waals surface area contributed by atoms with Gasteiger partial charge < -0.3 is 5.32 Å². The summed E-state index contributed by atoms with van der Waals surface area (Å²) in [5.74, 6) is 0.336. The Labute approximate surface area is 160 Å². The van der Waals surface area contributed by atoms with Crippen molar-refractivity contribution in [2.75, 3.05) is 11.1 Å². The van der Waals surface area contributed by atoms with Crippen LogP contribution in [0.15, 0.2) is 59.5 Å². The summed E-state index contributed by atoms with van der Waals surface area (Å²) >= 11 is 3.07. The maximum atomic E-state index is 12.3. The molecular weight excluding hydrogens is 360 g/mol. The van der Waals surface area contributed by atoms with Gasteiger partial charge in [-0.15, -0.1) is 11.8 Å². The Morgan fingerprint density at radius 2 is 1.88 bits per heavy atom. The van der Waals surface area contributed by atoms with E-state index in [9.17, 15) is 4.79 Å². The number of aromatic nitrogens is 1. The lowest BCUT2D eigenvalue weighted by atomic mass is 10.1. The molecule has 0 aliphatic heterocycles. The third-order valence-corrected chi connectivity index (χ3v) is 6.08. The first-order valence-corrected chi connectivity index (χ1v) is 10.2. The van der Waals surface area contributed by atoms with Gasteiger partial charge in [-0.05, 0) is 53.9 Å². The van der Waals surface area contributed by atoms with E-state index in [4.69, 9.17) is 0 Å². The molecule has 0 spiro atoms. The summed E-state index contributed by atoms with van der Waals surface area (Å²) < 4.78 is 1.11. The fraction of sp³-hybridized carbons (Fsp3) is 0.143. The number of hydrogen-bond donors (Lipinski definition) is 1. The van der Waals surface area contributed by atoms with Gasteiger partial charge in [0.05, 0.1) is 16.0 Å². The molecule has 0 radical (unpaired) electrons. The lowest BCUT2D eigenvalue weighted by molar-refractivity contribution is -0.113. The van der Waals surface area contributed by atoms with Gasteiger partial charge >= 0.3 is 0 Å². The Hall–Kier alpha value is -2.37. The van der Waals surface area contributed by atoms with Gasteiger partial charge in [0.2, 0.25) is 5.91 Å². The smallest absolute Gasteiger partial charge is 0.236 e. The molecule has 4 aromatic rings. The van der Waals surface area contributed by atoms with Gasteiger partial charge in [0.1, 0.15) is 0 Å². The lowest BCUT2D eigenvalue weighted by Gasteiger charge is -2.04. The average molecular weight is 379 g/mol. The zero-order chi connectivity index (χ0) is 18.1. The topological polar surface area (TPSA) is 42.0 Å². The molecule has 1 N–H and O–H groups in total. The highest BCUT2D eigenvalue weighted by Crippen LogP contribution is 2.30. The summed E-state index contributed by atoms with van der Waals surface area (Å²) in [6, 6.07) is 18.7. The number of rotatable bonds is 4. The van der Waals surface area contributed by atoms with Crippen LogP contribution >= 0.6 is 23.1 Å².